The lowest BCUT2D eigenvalue weighted by molar-refractivity contribution is 0.484. The summed E-state index contributed by atoms with van der Waals surface area (Å²) in [5.41, 5.74) is 5.49. The van der Waals surface area contributed by atoms with Crippen molar-refractivity contribution in [2.45, 2.75) is 12.5 Å². The number of halogens is 3. The molecule has 0 saturated heterocycles. The highest BCUT2D eigenvalue weighted by molar-refractivity contribution is 5.23. The summed E-state index contributed by atoms with van der Waals surface area (Å²) in [7, 11) is 0. The van der Waals surface area contributed by atoms with Crippen LogP contribution in [0.2, 0.25) is 0 Å². The summed E-state index contributed by atoms with van der Waals surface area (Å²) in [5.74, 6) is -3.14. The lowest BCUT2D eigenvalue weighted by Gasteiger charge is -2.10. The molecule has 0 radical (unpaired) electrons. The molecule has 0 saturated carbocycles. The normalized spacial score (nSPS) is 12.6. The van der Waals surface area contributed by atoms with Crippen LogP contribution in [0, 0.1) is 17.5 Å². The molecule has 0 aliphatic rings. The quantitative estimate of drug-likeness (QED) is 0.590. The maximum atomic E-state index is 13.1. The van der Waals surface area contributed by atoms with E-state index in [0.29, 0.717) is 12.5 Å². The van der Waals surface area contributed by atoms with Crippen LogP contribution in [0.5, 0.6) is 0 Å². The van der Waals surface area contributed by atoms with Crippen molar-refractivity contribution in [1.29, 1.82) is 0 Å². The summed E-state index contributed by atoms with van der Waals surface area (Å²) in [6, 6.07) is 0.578. The molecule has 0 unspecified atom stereocenters. The molecule has 0 heterocycles. The molecule has 2 N–H and O–H groups in total. The highest BCUT2D eigenvalue weighted by atomic mass is 19.2. The zero-order valence-electron chi connectivity index (χ0n) is 7.43. The van der Waals surface area contributed by atoms with Crippen molar-refractivity contribution < 1.29 is 13.2 Å². The van der Waals surface area contributed by atoms with E-state index in [1.165, 1.54) is 6.08 Å². The van der Waals surface area contributed by atoms with Crippen molar-refractivity contribution in [3.63, 3.8) is 0 Å². The molecule has 0 spiro atoms. The average molecular weight is 201 g/mol. The lowest BCUT2D eigenvalue weighted by Crippen LogP contribution is -2.12. The standard InChI is InChI=1S/C10H10F3N/c1-2-3-10(14)6-4-8(12)9(13)5-7(6)11/h2,4-5,10H,1,3,14H2/t10-/m1/s1. The van der Waals surface area contributed by atoms with Crippen molar-refractivity contribution in [2.24, 2.45) is 5.73 Å². The van der Waals surface area contributed by atoms with Gasteiger partial charge in [0.2, 0.25) is 0 Å². The maximum Gasteiger partial charge on any atom is 0.161 e. The molecule has 76 valence electrons. The van der Waals surface area contributed by atoms with Crippen molar-refractivity contribution in [1.82, 2.24) is 0 Å². The second-order valence-corrected chi connectivity index (χ2v) is 2.92. The minimum absolute atomic E-state index is 0.0381. The Balaban J connectivity index is 3.08. The fraction of sp³-hybridized carbons (Fsp3) is 0.200. The molecule has 0 amide bonds. The van der Waals surface area contributed by atoms with Crippen LogP contribution in [-0.4, -0.2) is 0 Å². The van der Waals surface area contributed by atoms with Gasteiger partial charge in [-0.05, 0) is 12.5 Å². The van der Waals surface area contributed by atoms with Crippen molar-refractivity contribution in [3.05, 3.63) is 47.8 Å². The second-order valence-electron chi connectivity index (χ2n) is 2.92. The van der Waals surface area contributed by atoms with Gasteiger partial charge in [-0.1, -0.05) is 6.08 Å². The summed E-state index contributed by atoms with van der Waals surface area (Å²) in [6.45, 7) is 3.43. The van der Waals surface area contributed by atoms with E-state index in [2.05, 4.69) is 6.58 Å². The van der Waals surface area contributed by atoms with Crippen molar-refractivity contribution >= 4 is 0 Å². The number of hydrogen-bond donors (Lipinski definition) is 1. The Labute approximate surface area is 80.0 Å². The zero-order valence-corrected chi connectivity index (χ0v) is 7.43. The van der Waals surface area contributed by atoms with Gasteiger partial charge in [-0.3, -0.25) is 0 Å². The topological polar surface area (TPSA) is 26.0 Å². The minimum Gasteiger partial charge on any atom is -0.324 e. The minimum atomic E-state index is -1.21. The molecule has 1 rings (SSSR count). The van der Waals surface area contributed by atoms with E-state index >= 15 is 0 Å². The van der Waals surface area contributed by atoms with Gasteiger partial charge in [0, 0.05) is 17.7 Å². The number of nitrogens with two attached hydrogens (primary N) is 1. The first-order chi connectivity index (χ1) is 6.56. The van der Waals surface area contributed by atoms with Gasteiger partial charge < -0.3 is 5.73 Å². The molecule has 1 aromatic rings. The van der Waals surface area contributed by atoms with Crippen molar-refractivity contribution in [2.75, 3.05) is 0 Å². The molecule has 1 aromatic carbocycles. The summed E-state index contributed by atoms with van der Waals surface area (Å²) in [5, 5.41) is 0. The lowest BCUT2D eigenvalue weighted by atomic mass is 10.0. The van der Waals surface area contributed by atoms with E-state index in [1.54, 1.807) is 0 Å². The summed E-state index contributed by atoms with van der Waals surface area (Å²) >= 11 is 0. The molecular weight excluding hydrogens is 191 g/mol. The van der Waals surface area contributed by atoms with E-state index in [0.717, 1.165) is 6.07 Å². The third kappa shape index (κ3) is 2.14. The van der Waals surface area contributed by atoms with Crippen LogP contribution in [0.3, 0.4) is 0 Å². The Kier molecular flexibility index (Phi) is 3.30. The highest BCUT2D eigenvalue weighted by Crippen LogP contribution is 2.21. The van der Waals surface area contributed by atoms with E-state index in [9.17, 15) is 13.2 Å². The van der Waals surface area contributed by atoms with Gasteiger partial charge in [0.25, 0.3) is 0 Å². The SMILES string of the molecule is C=CC[C@@H](N)c1cc(F)c(F)cc1F. The van der Waals surface area contributed by atoms with Gasteiger partial charge in [-0.2, -0.15) is 0 Å². The third-order valence-electron chi connectivity index (χ3n) is 1.86. The number of rotatable bonds is 3. The van der Waals surface area contributed by atoms with Crippen molar-refractivity contribution in [3.8, 4) is 0 Å². The number of hydrogen-bond acceptors (Lipinski definition) is 1. The molecule has 4 heteroatoms. The Morgan fingerprint density at radius 2 is 1.79 bits per heavy atom. The molecular formula is C10H10F3N. The summed E-state index contributed by atoms with van der Waals surface area (Å²) < 4.78 is 38.4. The largest absolute Gasteiger partial charge is 0.324 e. The average Bonchev–Trinajstić information content (AvgIpc) is 2.11. The molecule has 0 aliphatic heterocycles. The fourth-order valence-electron chi connectivity index (χ4n) is 1.13. The Morgan fingerprint density at radius 1 is 1.21 bits per heavy atom. The smallest absolute Gasteiger partial charge is 0.161 e. The molecule has 0 aliphatic carbocycles. The van der Waals surface area contributed by atoms with E-state index < -0.39 is 23.5 Å². The predicted octanol–water partition coefficient (Wildman–Crippen LogP) is 2.68. The van der Waals surface area contributed by atoms with Crippen LogP contribution in [-0.2, 0) is 0 Å². The maximum absolute atomic E-state index is 13.1. The highest BCUT2D eigenvalue weighted by Gasteiger charge is 2.14. The van der Waals surface area contributed by atoms with Gasteiger partial charge in [0.15, 0.2) is 11.6 Å². The van der Waals surface area contributed by atoms with E-state index in [4.69, 9.17) is 5.73 Å². The van der Waals surface area contributed by atoms with Crippen LogP contribution < -0.4 is 5.73 Å². The summed E-state index contributed by atoms with van der Waals surface area (Å²) in [6.07, 6.45) is 1.80. The summed E-state index contributed by atoms with van der Waals surface area (Å²) in [4.78, 5) is 0. The Hall–Kier alpha value is -1.29. The van der Waals surface area contributed by atoms with Gasteiger partial charge >= 0.3 is 0 Å². The zero-order chi connectivity index (χ0) is 10.7. The molecule has 14 heavy (non-hydrogen) atoms. The third-order valence-corrected chi connectivity index (χ3v) is 1.86. The first kappa shape index (κ1) is 10.8. The molecule has 0 fully saturated rings. The first-order valence-electron chi connectivity index (χ1n) is 4.07. The van der Waals surface area contributed by atoms with Crippen LogP contribution in [0.4, 0.5) is 13.2 Å². The fourth-order valence-corrected chi connectivity index (χ4v) is 1.13. The molecule has 1 atom stereocenters. The van der Waals surface area contributed by atoms with Crippen LogP contribution in [0.25, 0.3) is 0 Å². The van der Waals surface area contributed by atoms with Crippen LogP contribution in [0.1, 0.15) is 18.0 Å². The Bertz CT molecular complexity index is 349. The monoisotopic (exact) mass is 201 g/mol. The van der Waals surface area contributed by atoms with Gasteiger partial charge in [0.05, 0.1) is 0 Å². The van der Waals surface area contributed by atoms with Crippen LogP contribution >= 0.6 is 0 Å². The first-order valence-corrected chi connectivity index (χ1v) is 4.07. The van der Waals surface area contributed by atoms with Gasteiger partial charge in [-0.25, -0.2) is 13.2 Å². The Morgan fingerprint density at radius 3 is 2.36 bits per heavy atom. The number of benzene rings is 1. The molecule has 0 bridgehead atoms. The molecule has 1 nitrogen and oxygen atoms in total. The second kappa shape index (κ2) is 4.28. The van der Waals surface area contributed by atoms with Gasteiger partial charge in [0.1, 0.15) is 5.82 Å². The van der Waals surface area contributed by atoms with Crippen LogP contribution in [0.15, 0.2) is 24.8 Å². The van der Waals surface area contributed by atoms with E-state index in [1.807, 2.05) is 0 Å². The van der Waals surface area contributed by atoms with Gasteiger partial charge in [-0.15, -0.1) is 6.58 Å². The van der Waals surface area contributed by atoms with E-state index in [-0.39, 0.29) is 5.56 Å². The molecule has 0 aromatic heterocycles. The predicted molar refractivity (Wildman–Crippen MR) is 48.1 cm³/mol.